The molecule has 28 heavy (non-hydrogen) atoms. The fourth-order valence-corrected chi connectivity index (χ4v) is 4.10. The molecule has 0 aliphatic carbocycles. The maximum absolute atomic E-state index is 13.3. The van der Waals surface area contributed by atoms with E-state index in [1.165, 1.54) is 6.20 Å². The zero-order valence-electron chi connectivity index (χ0n) is 15.0. The quantitative estimate of drug-likeness (QED) is 0.529. The fraction of sp³-hybridized carbons (Fsp3) is 0.0476. The molecule has 4 aromatic rings. The Bertz CT molecular complexity index is 1210. The van der Waals surface area contributed by atoms with E-state index in [4.69, 9.17) is 0 Å². The first-order valence-electron chi connectivity index (χ1n) is 8.56. The Labute approximate surface area is 162 Å². The first kappa shape index (κ1) is 17.9. The molecule has 0 saturated carbocycles. The molecular formula is C21H16N4O2S. The molecule has 0 aliphatic heterocycles. The van der Waals surface area contributed by atoms with E-state index in [2.05, 4.69) is 19.9 Å². The Hall–Kier alpha value is -3.45. The van der Waals surface area contributed by atoms with E-state index in [9.17, 15) is 8.42 Å². The second-order valence-corrected chi connectivity index (χ2v) is 8.09. The van der Waals surface area contributed by atoms with Crippen LogP contribution in [-0.2, 0) is 9.84 Å². The van der Waals surface area contributed by atoms with Gasteiger partial charge in [-0.2, -0.15) is 0 Å². The van der Waals surface area contributed by atoms with Gasteiger partial charge < -0.3 is 0 Å². The summed E-state index contributed by atoms with van der Waals surface area (Å²) in [4.78, 5) is 17.3. The lowest BCUT2D eigenvalue weighted by molar-refractivity contribution is 0.595. The maximum Gasteiger partial charge on any atom is 0.210 e. The molecule has 0 unspecified atom stereocenters. The zero-order chi connectivity index (χ0) is 19.6. The highest BCUT2D eigenvalue weighted by atomic mass is 32.2. The summed E-state index contributed by atoms with van der Waals surface area (Å²) in [6, 6.07) is 15.6. The van der Waals surface area contributed by atoms with Crippen LogP contribution < -0.4 is 0 Å². The topological polar surface area (TPSA) is 85.7 Å². The van der Waals surface area contributed by atoms with Crippen molar-refractivity contribution < 1.29 is 8.42 Å². The van der Waals surface area contributed by atoms with Gasteiger partial charge in [0, 0.05) is 24.2 Å². The SMILES string of the molecule is Cc1ccc(S(=O)(=O)c2cnc(-c3ccccn3)nc2-c2ccncc2)cc1. The molecule has 3 aromatic heterocycles. The van der Waals surface area contributed by atoms with Gasteiger partial charge in [-0.15, -0.1) is 0 Å². The molecule has 0 atom stereocenters. The van der Waals surface area contributed by atoms with E-state index >= 15 is 0 Å². The first-order valence-corrected chi connectivity index (χ1v) is 10.0. The number of pyridine rings is 2. The molecule has 7 heteroatoms. The van der Waals surface area contributed by atoms with Crippen LogP contribution in [0, 0.1) is 6.92 Å². The van der Waals surface area contributed by atoms with E-state index in [0.29, 0.717) is 22.8 Å². The molecule has 3 heterocycles. The zero-order valence-corrected chi connectivity index (χ0v) is 15.8. The van der Waals surface area contributed by atoms with Gasteiger partial charge in [0.25, 0.3) is 0 Å². The van der Waals surface area contributed by atoms with Gasteiger partial charge in [0.1, 0.15) is 10.6 Å². The molecule has 0 saturated heterocycles. The average Bonchev–Trinajstić information content (AvgIpc) is 2.75. The van der Waals surface area contributed by atoms with Gasteiger partial charge in [-0.25, -0.2) is 18.4 Å². The monoisotopic (exact) mass is 388 g/mol. The highest BCUT2D eigenvalue weighted by molar-refractivity contribution is 7.91. The lowest BCUT2D eigenvalue weighted by Crippen LogP contribution is -2.07. The molecule has 0 bridgehead atoms. The van der Waals surface area contributed by atoms with Crippen molar-refractivity contribution in [3.8, 4) is 22.8 Å². The minimum Gasteiger partial charge on any atom is -0.265 e. The van der Waals surface area contributed by atoms with Crippen molar-refractivity contribution in [3.63, 3.8) is 0 Å². The number of aryl methyl sites for hydroxylation is 1. The van der Waals surface area contributed by atoms with Gasteiger partial charge in [0.2, 0.25) is 9.84 Å². The molecule has 0 fully saturated rings. The van der Waals surface area contributed by atoms with Crippen molar-refractivity contribution in [2.24, 2.45) is 0 Å². The van der Waals surface area contributed by atoms with E-state index in [1.807, 2.05) is 13.0 Å². The van der Waals surface area contributed by atoms with Crippen LogP contribution in [-0.4, -0.2) is 28.4 Å². The lowest BCUT2D eigenvalue weighted by atomic mass is 10.2. The maximum atomic E-state index is 13.3. The first-order chi connectivity index (χ1) is 13.6. The van der Waals surface area contributed by atoms with E-state index in [-0.39, 0.29) is 9.79 Å². The van der Waals surface area contributed by atoms with Gasteiger partial charge in [0.05, 0.1) is 16.8 Å². The molecule has 0 amide bonds. The van der Waals surface area contributed by atoms with Crippen LogP contribution in [0.1, 0.15) is 5.56 Å². The molecule has 138 valence electrons. The molecule has 6 nitrogen and oxygen atoms in total. The minimum atomic E-state index is -3.80. The second-order valence-electron chi connectivity index (χ2n) is 6.17. The summed E-state index contributed by atoms with van der Waals surface area (Å²) in [6.45, 7) is 1.91. The number of benzene rings is 1. The summed E-state index contributed by atoms with van der Waals surface area (Å²) in [5.74, 6) is 0.357. The van der Waals surface area contributed by atoms with Crippen LogP contribution in [0.3, 0.4) is 0 Å². The Morgan fingerprint density at radius 3 is 2.25 bits per heavy atom. The molecule has 0 spiro atoms. The highest BCUT2D eigenvalue weighted by Crippen LogP contribution is 2.30. The van der Waals surface area contributed by atoms with Gasteiger partial charge in [-0.1, -0.05) is 23.8 Å². The van der Waals surface area contributed by atoms with Crippen LogP contribution >= 0.6 is 0 Å². The van der Waals surface area contributed by atoms with Crippen LogP contribution in [0.5, 0.6) is 0 Å². The summed E-state index contributed by atoms with van der Waals surface area (Å²) in [7, 11) is -3.80. The minimum absolute atomic E-state index is 0.0437. The predicted molar refractivity (Wildman–Crippen MR) is 105 cm³/mol. The third-order valence-corrected chi connectivity index (χ3v) is 5.99. The molecule has 4 rings (SSSR count). The van der Waals surface area contributed by atoms with Gasteiger partial charge >= 0.3 is 0 Å². The Balaban J connectivity index is 1.93. The van der Waals surface area contributed by atoms with Crippen molar-refractivity contribution in [1.29, 1.82) is 0 Å². The van der Waals surface area contributed by atoms with Crippen LogP contribution in [0.25, 0.3) is 22.8 Å². The molecule has 0 N–H and O–H groups in total. The van der Waals surface area contributed by atoms with E-state index < -0.39 is 9.84 Å². The number of aromatic nitrogens is 4. The third kappa shape index (κ3) is 3.39. The molecule has 0 radical (unpaired) electrons. The van der Waals surface area contributed by atoms with Crippen molar-refractivity contribution in [3.05, 3.63) is 84.9 Å². The highest BCUT2D eigenvalue weighted by Gasteiger charge is 2.24. The van der Waals surface area contributed by atoms with E-state index in [0.717, 1.165) is 5.56 Å². The van der Waals surface area contributed by atoms with Crippen LogP contribution in [0.15, 0.2) is 89.2 Å². The van der Waals surface area contributed by atoms with E-state index in [1.54, 1.807) is 67.1 Å². The summed E-state index contributed by atoms with van der Waals surface area (Å²) in [5.41, 5.74) is 2.51. The second kappa shape index (κ2) is 7.28. The Kier molecular flexibility index (Phi) is 4.67. The lowest BCUT2D eigenvalue weighted by Gasteiger charge is -2.11. The number of hydrogen-bond donors (Lipinski definition) is 0. The predicted octanol–water partition coefficient (Wildman–Crippen LogP) is 3.74. The largest absolute Gasteiger partial charge is 0.265 e. The third-order valence-electron chi connectivity index (χ3n) is 4.22. The summed E-state index contributed by atoms with van der Waals surface area (Å²) in [6.07, 6.45) is 6.18. The summed E-state index contributed by atoms with van der Waals surface area (Å²) >= 11 is 0. The molecular weight excluding hydrogens is 372 g/mol. The Morgan fingerprint density at radius 1 is 0.821 bits per heavy atom. The van der Waals surface area contributed by atoms with Crippen molar-refractivity contribution in [1.82, 2.24) is 19.9 Å². The summed E-state index contributed by atoms with van der Waals surface area (Å²) in [5, 5.41) is 0. The standard InChI is InChI=1S/C21H16N4O2S/c1-15-5-7-17(8-6-15)28(26,27)19-14-24-21(18-4-2-3-11-23-18)25-20(19)16-9-12-22-13-10-16/h2-14H,1H3. The summed E-state index contributed by atoms with van der Waals surface area (Å²) < 4.78 is 26.6. The normalized spacial score (nSPS) is 11.3. The van der Waals surface area contributed by atoms with Gasteiger partial charge in [-0.05, 0) is 43.3 Å². The van der Waals surface area contributed by atoms with Crippen molar-refractivity contribution in [2.75, 3.05) is 0 Å². The fourth-order valence-electron chi connectivity index (χ4n) is 2.75. The molecule has 0 aliphatic rings. The van der Waals surface area contributed by atoms with Crippen molar-refractivity contribution in [2.45, 2.75) is 16.7 Å². The average molecular weight is 388 g/mol. The number of rotatable bonds is 4. The Morgan fingerprint density at radius 2 is 1.57 bits per heavy atom. The number of hydrogen-bond acceptors (Lipinski definition) is 6. The van der Waals surface area contributed by atoms with Crippen LogP contribution in [0.4, 0.5) is 0 Å². The molecule has 1 aromatic carbocycles. The smallest absolute Gasteiger partial charge is 0.210 e. The van der Waals surface area contributed by atoms with Crippen molar-refractivity contribution >= 4 is 9.84 Å². The van der Waals surface area contributed by atoms with Gasteiger partial charge in [-0.3, -0.25) is 9.97 Å². The van der Waals surface area contributed by atoms with Crippen LogP contribution in [0.2, 0.25) is 0 Å². The van der Waals surface area contributed by atoms with Gasteiger partial charge in [0.15, 0.2) is 5.82 Å². The number of sulfone groups is 1. The number of nitrogens with zero attached hydrogens (tertiary/aromatic N) is 4.